The zero-order valence-corrected chi connectivity index (χ0v) is 12.8. The van der Waals surface area contributed by atoms with Crippen molar-refractivity contribution in [1.82, 2.24) is 0 Å². The van der Waals surface area contributed by atoms with Crippen molar-refractivity contribution in [2.24, 2.45) is 0 Å². The van der Waals surface area contributed by atoms with Gasteiger partial charge in [-0.3, -0.25) is 9.59 Å². The van der Waals surface area contributed by atoms with Crippen molar-refractivity contribution >= 4 is 21.4 Å². The molecule has 0 spiro atoms. The van der Waals surface area contributed by atoms with Gasteiger partial charge in [0.15, 0.2) is 9.84 Å². The third kappa shape index (κ3) is 6.49. The number of hydrogen-bond acceptors (Lipinski definition) is 4. The first-order chi connectivity index (χ1) is 9.95. The third-order valence-corrected chi connectivity index (χ3v) is 4.69. The van der Waals surface area contributed by atoms with E-state index >= 15 is 0 Å². The molecule has 0 aliphatic heterocycles. The van der Waals surface area contributed by atoms with E-state index in [1.807, 2.05) is 0 Å². The summed E-state index contributed by atoms with van der Waals surface area (Å²) < 4.78 is 24.0. The van der Waals surface area contributed by atoms with Crippen LogP contribution in [0.1, 0.15) is 32.1 Å². The van der Waals surface area contributed by atoms with Crippen molar-refractivity contribution in [2.75, 3.05) is 5.75 Å². The van der Waals surface area contributed by atoms with Gasteiger partial charge in [0.25, 0.3) is 0 Å². The first-order valence-corrected chi connectivity index (χ1v) is 8.53. The molecular weight excluding hydrogens is 288 g/mol. The second-order valence-electron chi connectivity index (χ2n) is 4.83. The minimum absolute atomic E-state index is 0.0118. The molecule has 0 amide bonds. The molecule has 0 aromatic heterocycles. The van der Waals surface area contributed by atoms with Crippen molar-refractivity contribution in [2.45, 2.75) is 37.0 Å². The maximum atomic E-state index is 12.0. The fourth-order valence-corrected chi connectivity index (χ4v) is 3.15. The fourth-order valence-electron chi connectivity index (χ4n) is 1.84. The number of ketones is 2. The standard InChI is InChI=1S/C16H20O4S/c1-2-3-5-8-14(17)11-12-15(18)13-21(19,20)16-9-6-4-7-10-16/h2,4,6-7,9-10H,1,3,5,8,11-13H2. The van der Waals surface area contributed by atoms with E-state index in [2.05, 4.69) is 6.58 Å². The fraction of sp³-hybridized carbons (Fsp3) is 0.375. The molecule has 4 nitrogen and oxygen atoms in total. The van der Waals surface area contributed by atoms with Crippen molar-refractivity contribution in [3.63, 3.8) is 0 Å². The van der Waals surface area contributed by atoms with Gasteiger partial charge in [-0.05, 0) is 25.0 Å². The Morgan fingerprint density at radius 1 is 1.00 bits per heavy atom. The van der Waals surface area contributed by atoms with Gasteiger partial charge in [0, 0.05) is 19.3 Å². The summed E-state index contributed by atoms with van der Waals surface area (Å²) in [6.07, 6.45) is 3.73. The van der Waals surface area contributed by atoms with Crippen molar-refractivity contribution in [3.05, 3.63) is 43.0 Å². The molecule has 1 aromatic carbocycles. The molecule has 5 heteroatoms. The lowest BCUT2D eigenvalue weighted by Gasteiger charge is -2.04. The molecule has 0 bridgehead atoms. The monoisotopic (exact) mass is 308 g/mol. The molecule has 1 aromatic rings. The number of rotatable bonds is 10. The predicted octanol–water partition coefficient (Wildman–Crippen LogP) is 2.74. The molecule has 0 fully saturated rings. The van der Waals surface area contributed by atoms with Gasteiger partial charge in [-0.25, -0.2) is 8.42 Å². The van der Waals surface area contributed by atoms with E-state index in [9.17, 15) is 18.0 Å². The minimum atomic E-state index is -3.60. The van der Waals surface area contributed by atoms with Crippen LogP contribution in [0.15, 0.2) is 47.9 Å². The lowest BCUT2D eigenvalue weighted by Crippen LogP contribution is -2.17. The summed E-state index contributed by atoms with van der Waals surface area (Å²) in [5.41, 5.74) is 0. The van der Waals surface area contributed by atoms with Crippen LogP contribution in [0.3, 0.4) is 0 Å². The second kappa shape index (κ2) is 8.52. The SMILES string of the molecule is C=CCCCC(=O)CCC(=O)CS(=O)(=O)c1ccccc1. The molecule has 114 valence electrons. The Morgan fingerprint density at radius 2 is 1.62 bits per heavy atom. The van der Waals surface area contributed by atoms with Crippen LogP contribution in [0.25, 0.3) is 0 Å². The van der Waals surface area contributed by atoms with E-state index in [4.69, 9.17) is 0 Å². The van der Waals surface area contributed by atoms with E-state index in [0.29, 0.717) is 6.42 Å². The van der Waals surface area contributed by atoms with Crippen molar-refractivity contribution < 1.29 is 18.0 Å². The lowest BCUT2D eigenvalue weighted by atomic mass is 10.1. The molecule has 21 heavy (non-hydrogen) atoms. The predicted molar refractivity (Wildman–Crippen MR) is 81.8 cm³/mol. The van der Waals surface area contributed by atoms with Crippen LogP contribution in [0.5, 0.6) is 0 Å². The Balaban J connectivity index is 2.43. The average Bonchev–Trinajstić information content (AvgIpc) is 2.46. The van der Waals surface area contributed by atoms with Crippen LogP contribution < -0.4 is 0 Å². The largest absolute Gasteiger partial charge is 0.300 e. The number of allylic oxidation sites excluding steroid dienone is 1. The Kier molecular flexibility index (Phi) is 7.02. The molecule has 0 heterocycles. The van der Waals surface area contributed by atoms with E-state index in [1.54, 1.807) is 24.3 Å². The maximum absolute atomic E-state index is 12.0. The summed E-state index contributed by atoms with van der Waals surface area (Å²) in [4.78, 5) is 23.4. The highest BCUT2D eigenvalue weighted by molar-refractivity contribution is 7.92. The number of carbonyl (C=O) groups is 2. The normalized spacial score (nSPS) is 11.0. The summed E-state index contributed by atoms with van der Waals surface area (Å²) in [5.74, 6) is -0.977. The van der Waals surface area contributed by atoms with Crippen LogP contribution in [-0.4, -0.2) is 25.7 Å². The molecule has 0 atom stereocenters. The van der Waals surface area contributed by atoms with E-state index in [0.717, 1.165) is 12.8 Å². The molecule has 0 saturated heterocycles. The molecule has 0 radical (unpaired) electrons. The Bertz CT molecular complexity index is 588. The average molecular weight is 308 g/mol. The maximum Gasteiger partial charge on any atom is 0.185 e. The molecule has 0 unspecified atom stereocenters. The zero-order valence-electron chi connectivity index (χ0n) is 12.0. The van der Waals surface area contributed by atoms with Crippen LogP contribution >= 0.6 is 0 Å². The van der Waals surface area contributed by atoms with Gasteiger partial charge in [0.2, 0.25) is 0 Å². The lowest BCUT2D eigenvalue weighted by molar-refractivity contribution is -0.123. The zero-order chi connectivity index (χ0) is 15.7. The van der Waals surface area contributed by atoms with Gasteiger partial charge in [0.05, 0.1) is 4.90 Å². The molecule has 0 aliphatic carbocycles. The number of unbranched alkanes of at least 4 members (excludes halogenated alkanes) is 1. The molecule has 1 rings (SSSR count). The Morgan fingerprint density at radius 3 is 2.24 bits per heavy atom. The van der Waals surface area contributed by atoms with Crippen LogP contribution in [0, 0.1) is 0 Å². The summed E-state index contributed by atoms with van der Waals surface area (Å²) in [5, 5.41) is 0. The summed E-state index contributed by atoms with van der Waals surface area (Å²) in [6.45, 7) is 3.57. The quantitative estimate of drug-likeness (QED) is 0.492. The molecule has 0 N–H and O–H groups in total. The smallest absolute Gasteiger partial charge is 0.185 e. The number of benzene rings is 1. The topological polar surface area (TPSA) is 68.3 Å². The Hall–Kier alpha value is -1.75. The summed E-state index contributed by atoms with van der Waals surface area (Å²) in [6, 6.07) is 7.86. The molecular formula is C16H20O4S. The summed E-state index contributed by atoms with van der Waals surface area (Å²) >= 11 is 0. The third-order valence-electron chi connectivity index (χ3n) is 3.00. The van der Waals surface area contributed by atoms with Crippen molar-refractivity contribution in [3.8, 4) is 0 Å². The van der Waals surface area contributed by atoms with Gasteiger partial charge < -0.3 is 0 Å². The van der Waals surface area contributed by atoms with Gasteiger partial charge in [-0.15, -0.1) is 6.58 Å². The van der Waals surface area contributed by atoms with Crippen LogP contribution in [0.2, 0.25) is 0 Å². The van der Waals surface area contributed by atoms with E-state index in [-0.39, 0.29) is 23.5 Å². The van der Waals surface area contributed by atoms with Gasteiger partial charge in [-0.2, -0.15) is 0 Å². The van der Waals surface area contributed by atoms with Crippen molar-refractivity contribution in [1.29, 1.82) is 0 Å². The van der Waals surface area contributed by atoms with Crippen LogP contribution in [0.4, 0.5) is 0 Å². The Labute approximate surface area is 125 Å². The number of sulfone groups is 1. The summed E-state index contributed by atoms with van der Waals surface area (Å²) in [7, 11) is -3.60. The first-order valence-electron chi connectivity index (χ1n) is 6.88. The highest BCUT2D eigenvalue weighted by Gasteiger charge is 2.19. The number of Topliss-reactive ketones (excluding diaryl/α,β-unsaturated/α-hetero) is 2. The van der Waals surface area contributed by atoms with Gasteiger partial charge in [0.1, 0.15) is 17.3 Å². The number of carbonyl (C=O) groups excluding carboxylic acids is 2. The van der Waals surface area contributed by atoms with E-state index in [1.165, 1.54) is 12.1 Å². The first kappa shape index (κ1) is 17.3. The minimum Gasteiger partial charge on any atom is -0.300 e. The highest BCUT2D eigenvalue weighted by Crippen LogP contribution is 2.11. The van der Waals surface area contributed by atoms with Crippen LogP contribution in [-0.2, 0) is 19.4 Å². The molecule has 0 saturated carbocycles. The van der Waals surface area contributed by atoms with Gasteiger partial charge in [-0.1, -0.05) is 24.3 Å². The number of hydrogen-bond donors (Lipinski definition) is 0. The molecule has 0 aliphatic rings. The highest BCUT2D eigenvalue weighted by atomic mass is 32.2. The van der Waals surface area contributed by atoms with Gasteiger partial charge >= 0.3 is 0 Å². The second-order valence-corrected chi connectivity index (χ2v) is 6.82. The van der Waals surface area contributed by atoms with E-state index < -0.39 is 21.4 Å².